The Labute approximate surface area is 158 Å². The molecule has 1 aliphatic rings. The van der Waals surface area contributed by atoms with Crippen LogP contribution in [0, 0.1) is 12.8 Å². The first-order valence-corrected chi connectivity index (χ1v) is 9.70. The van der Waals surface area contributed by atoms with Crippen LogP contribution in [-0.4, -0.2) is 9.55 Å². The maximum atomic E-state index is 13.4. The van der Waals surface area contributed by atoms with Crippen LogP contribution in [0.1, 0.15) is 44.2 Å². The molecule has 1 aliphatic carbocycles. The zero-order chi connectivity index (χ0) is 18.3. The van der Waals surface area contributed by atoms with Crippen molar-refractivity contribution in [3.63, 3.8) is 0 Å². The van der Waals surface area contributed by atoms with E-state index in [1.54, 1.807) is 0 Å². The molecule has 0 amide bonds. The van der Waals surface area contributed by atoms with Gasteiger partial charge in [0.25, 0.3) is 5.56 Å². The van der Waals surface area contributed by atoms with Gasteiger partial charge in [0.2, 0.25) is 0 Å². The zero-order valence-electron chi connectivity index (χ0n) is 15.2. The van der Waals surface area contributed by atoms with E-state index in [0.717, 1.165) is 48.2 Å². The highest BCUT2D eigenvalue weighted by Gasteiger charge is 2.25. The summed E-state index contributed by atoms with van der Waals surface area (Å²) in [5.74, 6) is 1.42. The lowest BCUT2D eigenvalue weighted by atomic mass is 9.87. The van der Waals surface area contributed by atoms with Gasteiger partial charge in [-0.25, -0.2) is 4.98 Å². The number of rotatable bonds is 2. The van der Waals surface area contributed by atoms with Crippen molar-refractivity contribution in [2.75, 3.05) is 0 Å². The second-order valence-electron chi connectivity index (χ2n) is 7.52. The van der Waals surface area contributed by atoms with Crippen molar-refractivity contribution in [1.29, 1.82) is 0 Å². The second-order valence-corrected chi connectivity index (χ2v) is 7.93. The summed E-state index contributed by atoms with van der Waals surface area (Å²) < 4.78 is 1.91. The van der Waals surface area contributed by atoms with Crippen molar-refractivity contribution in [2.24, 2.45) is 5.92 Å². The molecular weight excluding hydrogens is 344 g/mol. The van der Waals surface area contributed by atoms with Crippen LogP contribution in [0.15, 0.2) is 47.3 Å². The van der Waals surface area contributed by atoms with Crippen molar-refractivity contribution in [3.05, 3.63) is 63.4 Å². The fourth-order valence-electron chi connectivity index (χ4n) is 3.98. The third-order valence-corrected chi connectivity index (χ3v) is 5.84. The molecule has 0 aliphatic heterocycles. The minimum absolute atomic E-state index is 0.0433. The molecule has 0 bridgehead atoms. The average molecular weight is 367 g/mol. The fourth-order valence-corrected chi connectivity index (χ4v) is 4.30. The minimum atomic E-state index is 0.0433. The predicted octanol–water partition coefficient (Wildman–Crippen LogP) is 5.78. The van der Waals surface area contributed by atoms with Crippen LogP contribution in [-0.2, 0) is 0 Å². The lowest BCUT2D eigenvalue weighted by Crippen LogP contribution is -2.30. The van der Waals surface area contributed by atoms with E-state index in [2.05, 4.69) is 6.92 Å². The number of para-hydroxylation sites is 1. The molecule has 0 N–H and O–H groups in total. The van der Waals surface area contributed by atoms with Gasteiger partial charge in [-0.2, -0.15) is 0 Å². The molecule has 4 heteroatoms. The molecule has 4 rings (SSSR count). The summed E-state index contributed by atoms with van der Waals surface area (Å²) in [6.07, 6.45) is 4.31. The van der Waals surface area contributed by atoms with Gasteiger partial charge >= 0.3 is 0 Å². The largest absolute Gasteiger partial charge is 0.289 e. The van der Waals surface area contributed by atoms with Crippen LogP contribution in [0.4, 0.5) is 0 Å². The Balaban J connectivity index is 1.98. The number of halogens is 1. The highest BCUT2D eigenvalue weighted by Crippen LogP contribution is 2.35. The fraction of sp³-hybridized carbons (Fsp3) is 0.364. The van der Waals surface area contributed by atoms with Gasteiger partial charge in [-0.1, -0.05) is 36.7 Å². The first-order valence-electron chi connectivity index (χ1n) is 9.32. The Kier molecular flexibility index (Phi) is 4.58. The molecule has 2 aromatic carbocycles. The topological polar surface area (TPSA) is 34.9 Å². The van der Waals surface area contributed by atoms with Crippen molar-refractivity contribution >= 4 is 22.5 Å². The van der Waals surface area contributed by atoms with E-state index in [9.17, 15) is 4.79 Å². The van der Waals surface area contributed by atoms with Crippen molar-refractivity contribution < 1.29 is 0 Å². The van der Waals surface area contributed by atoms with E-state index in [1.165, 1.54) is 0 Å². The number of aryl methyl sites for hydroxylation is 1. The molecule has 0 spiro atoms. The highest BCUT2D eigenvalue weighted by atomic mass is 35.5. The summed E-state index contributed by atoms with van der Waals surface area (Å²) in [5, 5.41) is 1.32. The van der Waals surface area contributed by atoms with E-state index in [1.807, 2.05) is 54.0 Å². The van der Waals surface area contributed by atoms with Gasteiger partial charge in [0, 0.05) is 11.6 Å². The van der Waals surface area contributed by atoms with E-state index < -0.39 is 0 Å². The van der Waals surface area contributed by atoms with Gasteiger partial charge in [-0.05, 0) is 68.4 Å². The summed E-state index contributed by atoms with van der Waals surface area (Å²) >= 11 is 6.55. The standard InChI is InChI=1S/C22H23ClN2O/c1-14-7-10-16(11-8-14)25-21(17-12-9-15(2)13-19(17)23)24-20-6-4-3-5-18(20)22(25)26/h3-6,9,12-14,16H,7-8,10-11H2,1-2H3. The maximum Gasteiger partial charge on any atom is 0.261 e. The normalized spacial score (nSPS) is 20.4. The van der Waals surface area contributed by atoms with E-state index in [-0.39, 0.29) is 11.6 Å². The van der Waals surface area contributed by atoms with E-state index in [0.29, 0.717) is 16.2 Å². The van der Waals surface area contributed by atoms with Gasteiger partial charge in [-0.3, -0.25) is 9.36 Å². The summed E-state index contributed by atoms with van der Waals surface area (Å²) in [7, 11) is 0. The smallest absolute Gasteiger partial charge is 0.261 e. The average Bonchev–Trinajstić information content (AvgIpc) is 2.63. The van der Waals surface area contributed by atoms with E-state index >= 15 is 0 Å². The van der Waals surface area contributed by atoms with Gasteiger partial charge in [0.1, 0.15) is 5.82 Å². The van der Waals surface area contributed by atoms with Crippen molar-refractivity contribution in [3.8, 4) is 11.4 Å². The molecule has 1 fully saturated rings. The number of hydrogen-bond acceptors (Lipinski definition) is 2. The molecule has 0 atom stereocenters. The highest BCUT2D eigenvalue weighted by molar-refractivity contribution is 6.33. The molecule has 3 aromatic rings. The van der Waals surface area contributed by atoms with Gasteiger partial charge in [-0.15, -0.1) is 0 Å². The molecule has 0 radical (unpaired) electrons. The van der Waals surface area contributed by atoms with Crippen LogP contribution in [0.5, 0.6) is 0 Å². The Hall–Kier alpha value is -2.13. The van der Waals surface area contributed by atoms with Crippen LogP contribution < -0.4 is 5.56 Å². The van der Waals surface area contributed by atoms with Crippen molar-refractivity contribution in [1.82, 2.24) is 9.55 Å². The molecule has 3 nitrogen and oxygen atoms in total. The molecular formula is C22H23ClN2O. The first-order chi connectivity index (χ1) is 12.5. The number of hydrogen-bond donors (Lipinski definition) is 0. The van der Waals surface area contributed by atoms with Crippen LogP contribution in [0.3, 0.4) is 0 Å². The Morgan fingerprint density at radius 1 is 1.08 bits per heavy atom. The Bertz CT molecular complexity index is 1020. The number of fused-ring (bicyclic) bond motifs is 1. The minimum Gasteiger partial charge on any atom is -0.289 e. The SMILES string of the molecule is Cc1ccc(-c2nc3ccccc3c(=O)n2C2CCC(C)CC2)c(Cl)c1. The van der Waals surface area contributed by atoms with Gasteiger partial charge in [0.05, 0.1) is 15.9 Å². The maximum absolute atomic E-state index is 13.4. The lowest BCUT2D eigenvalue weighted by molar-refractivity contribution is 0.286. The summed E-state index contributed by atoms with van der Waals surface area (Å²) in [6, 6.07) is 13.7. The Morgan fingerprint density at radius 3 is 2.54 bits per heavy atom. The van der Waals surface area contributed by atoms with Gasteiger partial charge in [0.15, 0.2) is 0 Å². The molecule has 0 unspecified atom stereocenters. The number of benzene rings is 2. The van der Waals surface area contributed by atoms with Crippen LogP contribution in [0.25, 0.3) is 22.3 Å². The molecule has 26 heavy (non-hydrogen) atoms. The molecule has 0 saturated heterocycles. The van der Waals surface area contributed by atoms with Gasteiger partial charge < -0.3 is 0 Å². The molecule has 1 aromatic heterocycles. The number of aromatic nitrogens is 2. The third kappa shape index (κ3) is 3.05. The number of nitrogens with zero attached hydrogens (tertiary/aromatic N) is 2. The van der Waals surface area contributed by atoms with E-state index in [4.69, 9.17) is 16.6 Å². The van der Waals surface area contributed by atoms with Crippen LogP contribution in [0.2, 0.25) is 5.02 Å². The zero-order valence-corrected chi connectivity index (χ0v) is 16.0. The monoisotopic (exact) mass is 366 g/mol. The molecule has 1 saturated carbocycles. The molecule has 134 valence electrons. The lowest BCUT2D eigenvalue weighted by Gasteiger charge is -2.29. The second kappa shape index (κ2) is 6.88. The third-order valence-electron chi connectivity index (χ3n) is 5.52. The summed E-state index contributed by atoms with van der Waals surface area (Å²) in [5.41, 5.74) is 2.70. The molecule has 1 heterocycles. The van der Waals surface area contributed by atoms with Crippen LogP contribution >= 0.6 is 11.6 Å². The quantitative estimate of drug-likeness (QED) is 0.576. The summed E-state index contributed by atoms with van der Waals surface area (Å²) in [6.45, 7) is 4.30. The first kappa shape index (κ1) is 17.3. The predicted molar refractivity (Wildman–Crippen MR) is 108 cm³/mol. The van der Waals surface area contributed by atoms with Crippen molar-refractivity contribution in [2.45, 2.75) is 45.6 Å². The Morgan fingerprint density at radius 2 is 1.81 bits per heavy atom. The summed E-state index contributed by atoms with van der Waals surface area (Å²) in [4.78, 5) is 18.2.